The van der Waals surface area contributed by atoms with E-state index in [1.807, 2.05) is 0 Å². The molecule has 1 fully saturated rings. The van der Waals surface area contributed by atoms with E-state index >= 15 is 0 Å². The number of rotatable bonds is 4. The summed E-state index contributed by atoms with van der Waals surface area (Å²) in [4.78, 5) is 0. The van der Waals surface area contributed by atoms with Gasteiger partial charge in [0.25, 0.3) is 0 Å². The second kappa shape index (κ2) is 5.55. The van der Waals surface area contributed by atoms with Crippen LogP contribution < -0.4 is 5.73 Å². The van der Waals surface area contributed by atoms with E-state index in [0.717, 1.165) is 19.1 Å². The Balaban J connectivity index is 2.15. The predicted molar refractivity (Wildman–Crippen MR) is 51.0 cm³/mol. The molecule has 0 spiro atoms. The molecule has 72 valence electrons. The van der Waals surface area contributed by atoms with Crippen LogP contribution in [0.1, 0.15) is 39.0 Å². The van der Waals surface area contributed by atoms with Gasteiger partial charge in [-0.25, -0.2) is 0 Å². The van der Waals surface area contributed by atoms with E-state index in [1.54, 1.807) is 0 Å². The van der Waals surface area contributed by atoms with E-state index < -0.39 is 0 Å². The Morgan fingerprint density at radius 2 is 2.08 bits per heavy atom. The first-order valence-corrected chi connectivity index (χ1v) is 5.18. The lowest BCUT2D eigenvalue weighted by Crippen LogP contribution is -2.34. The lowest BCUT2D eigenvalue weighted by Gasteiger charge is -2.27. The van der Waals surface area contributed by atoms with Gasteiger partial charge in [-0.3, -0.25) is 0 Å². The van der Waals surface area contributed by atoms with E-state index in [1.165, 1.54) is 32.1 Å². The average molecular weight is 171 g/mol. The number of ether oxygens (including phenoxy) is 1. The standard InChI is InChI=1S/C10H21NO/c1-2-3-4-10(11)9-5-7-12-8-6-9/h9-10H,2-8,11H2,1H3. The minimum Gasteiger partial charge on any atom is -0.381 e. The molecule has 1 aliphatic rings. The monoisotopic (exact) mass is 171 g/mol. The predicted octanol–water partition coefficient (Wildman–Crippen LogP) is 1.93. The fourth-order valence-corrected chi connectivity index (χ4v) is 1.82. The van der Waals surface area contributed by atoms with Crippen LogP contribution >= 0.6 is 0 Å². The van der Waals surface area contributed by atoms with Gasteiger partial charge in [0.2, 0.25) is 0 Å². The quantitative estimate of drug-likeness (QED) is 0.701. The lowest BCUT2D eigenvalue weighted by molar-refractivity contribution is 0.0573. The fraction of sp³-hybridized carbons (Fsp3) is 1.00. The van der Waals surface area contributed by atoms with Gasteiger partial charge in [-0.15, -0.1) is 0 Å². The molecular formula is C10H21NO. The van der Waals surface area contributed by atoms with E-state index in [0.29, 0.717) is 6.04 Å². The molecule has 1 heterocycles. The molecule has 0 aliphatic carbocycles. The molecule has 1 rings (SSSR count). The molecule has 1 aliphatic heterocycles. The van der Waals surface area contributed by atoms with Crippen molar-refractivity contribution < 1.29 is 4.74 Å². The van der Waals surface area contributed by atoms with Gasteiger partial charge in [0.1, 0.15) is 0 Å². The van der Waals surface area contributed by atoms with Gasteiger partial charge in [0, 0.05) is 19.3 Å². The van der Waals surface area contributed by atoms with E-state index in [4.69, 9.17) is 10.5 Å². The average Bonchev–Trinajstić information content (AvgIpc) is 2.15. The maximum atomic E-state index is 6.08. The SMILES string of the molecule is CCCCC(N)C1CCOCC1. The fourth-order valence-electron chi connectivity index (χ4n) is 1.82. The van der Waals surface area contributed by atoms with E-state index in [9.17, 15) is 0 Å². The molecule has 2 nitrogen and oxygen atoms in total. The zero-order valence-electron chi connectivity index (χ0n) is 8.09. The summed E-state index contributed by atoms with van der Waals surface area (Å²) in [6.07, 6.45) is 6.08. The molecule has 0 aromatic rings. The molecule has 0 aromatic carbocycles. The number of nitrogens with two attached hydrogens (primary N) is 1. The first-order chi connectivity index (χ1) is 5.84. The van der Waals surface area contributed by atoms with Crippen molar-refractivity contribution in [3.05, 3.63) is 0 Å². The topological polar surface area (TPSA) is 35.2 Å². The molecule has 0 bridgehead atoms. The Bertz CT molecular complexity index is 110. The molecule has 0 saturated carbocycles. The summed E-state index contributed by atoms with van der Waals surface area (Å²) in [5.41, 5.74) is 6.08. The van der Waals surface area contributed by atoms with E-state index in [2.05, 4.69) is 6.92 Å². The third-order valence-electron chi connectivity index (χ3n) is 2.76. The summed E-state index contributed by atoms with van der Waals surface area (Å²) in [7, 11) is 0. The molecule has 0 aromatic heterocycles. The van der Waals surface area contributed by atoms with Crippen molar-refractivity contribution in [1.82, 2.24) is 0 Å². The minimum atomic E-state index is 0.425. The molecular weight excluding hydrogens is 150 g/mol. The summed E-state index contributed by atoms with van der Waals surface area (Å²) < 4.78 is 5.30. The van der Waals surface area contributed by atoms with Crippen LogP contribution in [0.2, 0.25) is 0 Å². The second-order valence-electron chi connectivity index (χ2n) is 3.76. The zero-order valence-corrected chi connectivity index (χ0v) is 8.09. The van der Waals surface area contributed by atoms with Crippen LogP contribution in [0.15, 0.2) is 0 Å². The Morgan fingerprint density at radius 1 is 1.42 bits per heavy atom. The summed E-state index contributed by atoms with van der Waals surface area (Å²) in [5, 5.41) is 0. The first-order valence-electron chi connectivity index (χ1n) is 5.18. The Hall–Kier alpha value is -0.0800. The van der Waals surface area contributed by atoms with Crippen molar-refractivity contribution in [3.63, 3.8) is 0 Å². The molecule has 2 N–H and O–H groups in total. The van der Waals surface area contributed by atoms with Crippen LogP contribution in [0.25, 0.3) is 0 Å². The first kappa shape index (κ1) is 10.0. The van der Waals surface area contributed by atoms with Crippen LogP contribution in [0.4, 0.5) is 0 Å². The minimum absolute atomic E-state index is 0.425. The molecule has 0 radical (unpaired) electrons. The van der Waals surface area contributed by atoms with Gasteiger partial charge in [-0.1, -0.05) is 19.8 Å². The highest BCUT2D eigenvalue weighted by atomic mass is 16.5. The number of hydrogen-bond donors (Lipinski definition) is 1. The van der Waals surface area contributed by atoms with Crippen molar-refractivity contribution in [1.29, 1.82) is 0 Å². The lowest BCUT2D eigenvalue weighted by atomic mass is 9.89. The van der Waals surface area contributed by atoms with Gasteiger partial charge in [-0.05, 0) is 25.2 Å². The molecule has 2 heteroatoms. The summed E-state index contributed by atoms with van der Waals surface area (Å²) >= 11 is 0. The molecule has 1 unspecified atom stereocenters. The second-order valence-corrected chi connectivity index (χ2v) is 3.76. The maximum Gasteiger partial charge on any atom is 0.0469 e. The maximum absolute atomic E-state index is 6.08. The molecule has 1 atom stereocenters. The van der Waals surface area contributed by atoms with Gasteiger partial charge in [0.05, 0.1) is 0 Å². The Kier molecular flexibility index (Phi) is 4.62. The Morgan fingerprint density at radius 3 is 2.67 bits per heavy atom. The van der Waals surface area contributed by atoms with E-state index in [-0.39, 0.29) is 0 Å². The normalized spacial score (nSPS) is 22.5. The van der Waals surface area contributed by atoms with Crippen molar-refractivity contribution in [2.45, 2.75) is 45.1 Å². The van der Waals surface area contributed by atoms with Crippen molar-refractivity contribution in [3.8, 4) is 0 Å². The van der Waals surface area contributed by atoms with Gasteiger partial charge in [0.15, 0.2) is 0 Å². The number of hydrogen-bond acceptors (Lipinski definition) is 2. The molecule has 12 heavy (non-hydrogen) atoms. The van der Waals surface area contributed by atoms with Crippen molar-refractivity contribution in [2.75, 3.05) is 13.2 Å². The van der Waals surface area contributed by atoms with Crippen LogP contribution in [0.5, 0.6) is 0 Å². The zero-order chi connectivity index (χ0) is 8.81. The molecule has 1 saturated heterocycles. The smallest absolute Gasteiger partial charge is 0.0469 e. The van der Waals surface area contributed by atoms with Crippen LogP contribution in [-0.2, 0) is 4.74 Å². The van der Waals surface area contributed by atoms with Gasteiger partial charge in [-0.2, -0.15) is 0 Å². The van der Waals surface area contributed by atoms with Gasteiger partial charge < -0.3 is 10.5 Å². The number of unbranched alkanes of at least 4 members (excludes halogenated alkanes) is 1. The third-order valence-corrected chi connectivity index (χ3v) is 2.76. The van der Waals surface area contributed by atoms with Crippen LogP contribution in [0.3, 0.4) is 0 Å². The largest absolute Gasteiger partial charge is 0.381 e. The summed E-state index contributed by atoms with van der Waals surface area (Å²) in [5.74, 6) is 0.727. The van der Waals surface area contributed by atoms with Crippen LogP contribution in [0, 0.1) is 5.92 Å². The Labute approximate surface area is 75.5 Å². The summed E-state index contributed by atoms with van der Waals surface area (Å²) in [6.45, 7) is 4.06. The third kappa shape index (κ3) is 3.11. The van der Waals surface area contributed by atoms with Gasteiger partial charge >= 0.3 is 0 Å². The van der Waals surface area contributed by atoms with Crippen LogP contribution in [-0.4, -0.2) is 19.3 Å². The highest BCUT2D eigenvalue weighted by molar-refractivity contribution is 4.74. The highest BCUT2D eigenvalue weighted by Crippen LogP contribution is 2.20. The highest BCUT2D eigenvalue weighted by Gasteiger charge is 2.19. The molecule has 0 amide bonds. The summed E-state index contributed by atoms with van der Waals surface area (Å²) in [6, 6.07) is 0.425. The van der Waals surface area contributed by atoms with Crippen molar-refractivity contribution >= 4 is 0 Å². The van der Waals surface area contributed by atoms with Crippen molar-refractivity contribution in [2.24, 2.45) is 11.7 Å².